The van der Waals surface area contributed by atoms with Crippen LogP contribution in [0.15, 0.2) is 77.7 Å². The predicted octanol–water partition coefficient (Wildman–Crippen LogP) is 4.19. The molecule has 0 heterocycles. The van der Waals surface area contributed by atoms with Crippen molar-refractivity contribution in [3.05, 3.63) is 101 Å². The molecule has 0 unspecified atom stereocenters. The Bertz CT molecular complexity index is 1130. The van der Waals surface area contributed by atoms with Gasteiger partial charge in [-0.1, -0.05) is 71.8 Å². The van der Waals surface area contributed by atoms with E-state index in [4.69, 9.17) is 4.74 Å². The average Bonchev–Trinajstić information content (AvgIpc) is 2.85. The van der Waals surface area contributed by atoms with E-state index in [1.807, 2.05) is 62.4 Å². The summed E-state index contributed by atoms with van der Waals surface area (Å²) in [4.78, 5) is 37.5. The van der Waals surface area contributed by atoms with Crippen LogP contribution in [0.3, 0.4) is 0 Å². The Morgan fingerprint density at radius 2 is 1.26 bits per heavy atom. The van der Waals surface area contributed by atoms with Gasteiger partial charge in [0.15, 0.2) is 6.61 Å². The number of nitrogens with one attached hydrogen (secondary N) is 2. The van der Waals surface area contributed by atoms with Gasteiger partial charge >= 0.3 is 5.97 Å². The van der Waals surface area contributed by atoms with Crippen molar-refractivity contribution in [2.24, 2.45) is 0 Å². The minimum absolute atomic E-state index is 0.135. The van der Waals surface area contributed by atoms with E-state index in [1.165, 1.54) is 11.8 Å². The van der Waals surface area contributed by atoms with E-state index < -0.39 is 5.97 Å². The maximum Gasteiger partial charge on any atom is 0.339 e. The SMILES string of the molecule is Cc1ccc(CNC(=O)COC(=O)c2ccccc2SCC(=O)NCc2ccc(C)cc2)cc1. The Morgan fingerprint density at radius 3 is 1.85 bits per heavy atom. The third-order valence-corrected chi connectivity index (χ3v) is 6.09. The van der Waals surface area contributed by atoms with Crippen molar-refractivity contribution < 1.29 is 19.1 Å². The van der Waals surface area contributed by atoms with Crippen LogP contribution in [0.1, 0.15) is 32.6 Å². The quantitative estimate of drug-likeness (QED) is 0.339. The van der Waals surface area contributed by atoms with E-state index in [1.54, 1.807) is 24.3 Å². The molecule has 2 amide bonds. The number of ether oxygens (including phenoxy) is 1. The molecule has 0 spiro atoms. The number of hydrogen-bond donors (Lipinski definition) is 2. The minimum atomic E-state index is -0.603. The zero-order valence-corrected chi connectivity index (χ0v) is 20.1. The molecule has 0 saturated carbocycles. The summed E-state index contributed by atoms with van der Waals surface area (Å²) in [6, 6.07) is 22.7. The zero-order valence-electron chi connectivity index (χ0n) is 19.3. The highest BCUT2D eigenvalue weighted by atomic mass is 32.2. The molecule has 0 fully saturated rings. The Labute approximate surface area is 204 Å². The van der Waals surface area contributed by atoms with Gasteiger partial charge in [-0.2, -0.15) is 0 Å². The van der Waals surface area contributed by atoms with Crippen LogP contribution in [-0.4, -0.2) is 30.1 Å². The molecule has 3 rings (SSSR count). The second kappa shape index (κ2) is 12.6. The van der Waals surface area contributed by atoms with Gasteiger partial charge < -0.3 is 15.4 Å². The molecule has 0 aliphatic carbocycles. The number of amides is 2. The maximum absolute atomic E-state index is 12.5. The molecule has 6 nitrogen and oxygen atoms in total. The van der Waals surface area contributed by atoms with Gasteiger partial charge in [-0.05, 0) is 37.1 Å². The highest BCUT2D eigenvalue weighted by Gasteiger charge is 2.15. The summed E-state index contributed by atoms with van der Waals surface area (Å²) < 4.78 is 5.19. The number of carbonyl (C=O) groups is 3. The van der Waals surface area contributed by atoms with Crippen molar-refractivity contribution in [3.8, 4) is 0 Å². The molecule has 0 bridgehead atoms. The van der Waals surface area contributed by atoms with Crippen LogP contribution in [0.4, 0.5) is 0 Å². The van der Waals surface area contributed by atoms with Crippen LogP contribution < -0.4 is 10.6 Å². The number of benzene rings is 3. The van der Waals surface area contributed by atoms with Crippen LogP contribution in [0.2, 0.25) is 0 Å². The van der Waals surface area contributed by atoms with E-state index >= 15 is 0 Å². The van der Waals surface area contributed by atoms with Gasteiger partial charge in [0.05, 0.1) is 11.3 Å². The van der Waals surface area contributed by atoms with E-state index in [0.29, 0.717) is 23.5 Å². The normalized spacial score (nSPS) is 10.4. The fourth-order valence-corrected chi connectivity index (χ4v) is 3.90. The fourth-order valence-electron chi connectivity index (χ4n) is 3.03. The first-order valence-corrected chi connectivity index (χ1v) is 11.9. The molecule has 3 aromatic carbocycles. The molecular weight excluding hydrogens is 448 g/mol. The molecule has 34 heavy (non-hydrogen) atoms. The molecule has 3 aromatic rings. The smallest absolute Gasteiger partial charge is 0.339 e. The van der Waals surface area contributed by atoms with Crippen LogP contribution >= 0.6 is 11.8 Å². The van der Waals surface area contributed by atoms with Crippen molar-refractivity contribution in [2.75, 3.05) is 12.4 Å². The largest absolute Gasteiger partial charge is 0.452 e. The lowest BCUT2D eigenvalue weighted by atomic mass is 10.1. The third kappa shape index (κ3) is 8.08. The van der Waals surface area contributed by atoms with Crippen molar-refractivity contribution in [3.63, 3.8) is 0 Å². The molecule has 176 valence electrons. The van der Waals surface area contributed by atoms with Crippen molar-refractivity contribution >= 4 is 29.5 Å². The van der Waals surface area contributed by atoms with Crippen LogP contribution in [0.25, 0.3) is 0 Å². The van der Waals surface area contributed by atoms with Gasteiger partial charge in [0.2, 0.25) is 5.91 Å². The molecule has 0 aromatic heterocycles. The van der Waals surface area contributed by atoms with E-state index in [2.05, 4.69) is 10.6 Å². The molecule has 2 N–H and O–H groups in total. The Kier molecular flexibility index (Phi) is 9.29. The highest BCUT2D eigenvalue weighted by Crippen LogP contribution is 2.23. The summed E-state index contributed by atoms with van der Waals surface area (Å²) in [5, 5.41) is 5.62. The molecule has 7 heteroatoms. The van der Waals surface area contributed by atoms with Crippen molar-refractivity contribution in [2.45, 2.75) is 31.8 Å². The fraction of sp³-hybridized carbons (Fsp3) is 0.222. The van der Waals surface area contributed by atoms with Gasteiger partial charge in [0.1, 0.15) is 0 Å². The number of esters is 1. The number of hydrogen-bond acceptors (Lipinski definition) is 5. The molecule has 0 aliphatic heterocycles. The van der Waals surface area contributed by atoms with Gasteiger partial charge in [0, 0.05) is 18.0 Å². The van der Waals surface area contributed by atoms with Crippen molar-refractivity contribution in [1.29, 1.82) is 0 Å². The van der Waals surface area contributed by atoms with Gasteiger partial charge in [-0.25, -0.2) is 4.79 Å². The lowest BCUT2D eigenvalue weighted by molar-refractivity contribution is -0.124. The topological polar surface area (TPSA) is 84.5 Å². The summed E-state index contributed by atoms with van der Waals surface area (Å²) in [5.74, 6) is -0.958. The van der Waals surface area contributed by atoms with Crippen molar-refractivity contribution in [1.82, 2.24) is 10.6 Å². The number of thioether (sulfide) groups is 1. The summed E-state index contributed by atoms with van der Waals surface area (Å²) in [7, 11) is 0. The maximum atomic E-state index is 12.5. The summed E-state index contributed by atoms with van der Waals surface area (Å²) in [6.45, 7) is 4.44. The molecule has 0 radical (unpaired) electrons. The summed E-state index contributed by atoms with van der Waals surface area (Å²) in [5.41, 5.74) is 4.62. The average molecular weight is 477 g/mol. The molecule has 0 atom stereocenters. The van der Waals surface area contributed by atoms with E-state index in [9.17, 15) is 14.4 Å². The first-order chi connectivity index (χ1) is 16.4. The third-order valence-electron chi connectivity index (χ3n) is 5.02. The summed E-state index contributed by atoms with van der Waals surface area (Å²) >= 11 is 1.25. The first-order valence-electron chi connectivity index (χ1n) is 10.9. The number of aryl methyl sites for hydroxylation is 2. The first kappa shape index (κ1) is 25.1. The van der Waals surface area contributed by atoms with Gasteiger partial charge in [0.25, 0.3) is 5.91 Å². The van der Waals surface area contributed by atoms with Gasteiger partial charge in [-0.3, -0.25) is 9.59 Å². The second-order valence-electron chi connectivity index (χ2n) is 7.89. The van der Waals surface area contributed by atoms with Crippen LogP contribution in [0, 0.1) is 13.8 Å². The lowest BCUT2D eigenvalue weighted by Crippen LogP contribution is -2.28. The van der Waals surface area contributed by atoms with Crippen LogP contribution in [-0.2, 0) is 27.4 Å². The molecule has 0 aliphatic rings. The predicted molar refractivity (Wildman–Crippen MR) is 133 cm³/mol. The number of carbonyl (C=O) groups excluding carboxylic acids is 3. The Morgan fingerprint density at radius 1 is 0.735 bits per heavy atom. The summed E-state index contributed by atoms with van der Waals surface area (Å²) in [6.07, 6.45) is 0. The van der Waals surface area contributed by atoms with E-state index in [-0.39, 0.29) is 24.2 Å². The van der Waals surface area contributed by atoms with Gasteiger partial charge in [-0.15, -0.1) is 11.8 Å². The van der Waals surface area contributed by atoms with E-state index in [0.717, 1.165) is 22.3 Å². The lowest BCUT2D eigenvalue weighted by Gasteiger charge is -2.10. The highest BCUT2D eigenvalue weighted by molar-refractivity contribution is 8.00. The van der Waals surface area contributed by atoms with Crippen LogP contribution in [0.5, 0.6) is 0 Å². The zero-order chi connectivity index (χ0) is 24.3. The molecule has 0 saturated heterocycles. The Balaban J connectivity index is 1.45. The minimum Gasteiger partial charge on any atom is -0.452 e. The second-order valence-corrected chi connectivity index (χ2v) is 8.90. The molecular formula is C27H28N2O4S. The number of rotatable bonds is 10. The Hall–Kier alpha value is -3.58. The monoisotopic (exact) mass is 476 g/mol. The standard InChI is InChI=1S/C27H28N2O4S/c1-19-7-11-21(12-8-19)15-28-25(30)17-33-27(32)23-5-3-4-6-24(23)34-18-26(31)29-16-22-13-9-20(2)10-14-22/h3-14H,15-18H2,1-2H3,(H,28,30)(H,29,31).